The molecule has 0 unspecified atom stereocenters. The first-order valence-corrected chi connectivity index (χ1v) is 24.4. The van der Waals surface area contributed by atoms with E-state index in [4.69, 9.17) is 33.2 Å². The molecule has 9 rings (SSSR count). The van der Waals surface area contributed by atoms with Crippen LogP contribution >= 0.6 is 86.9 Å². The maximum Gasteiger partial charge on any atom is 0.246 e. The van der Waals surface area contributed by atoms with E-state index in [1.54, 1.807) is 6.08 Å². The van der Waals surface area contributed by atoms with Gasteiger partial charge in [0.15, 0.2) is 0 Å². The van der Waals surface area contributed by atoms with Crippen molar-refractivity contribution in [2.75, 3.05) is 26.2 Å². The van der Waals surface area contributed by atoms with Gasteiger partial charge in [-0.15, -0.1) is 0 Å². The minimum absolute atomic E-state index is 0.0967. The molecule has 1 N–H and O–H groups in total. The SMILES string of the molecule is Clc1cc(Br)c2c(c1)CCc1cc(Br)cnc1[C@@H]2C1CCNCC1.O=C1CCC(=CC(=O)N2CCC([C@H]3c4ncc(Br)cc4CCc4cc(Cl)cc(Br)c43)CC2)CC1. The minimum atomic E-state index is 0.0967. The van der Waals surface area contributed by atoms with E-state index in [1.165, 1.54) is 51.9 Å². The number of rotatable bonds is 3. The molecule has 4 aromatic rings. The van der Waals surface area contributed by atoms with E-state index in [9.17, 15) is 9.59 Å². The molecular weight excluding hydrogens is 1030 g/mol. The third kappa shape index (κ3) is 9.59. The number of piperidine rings is 2. The molecule has 3 aliphatic carbocycles. The lowest BCUT2D eigenvalue weighted by Gasteiger charge is -2.37. The lowest BCUT2D eigenvalue weighted by molar-refractivity contribution is -0.127. The fourth-order valence-corrected chi connectivity index (χ4v) is 12.9. The van der Waals surface area contributed by atoms with E-state index in [0.29, 0.717) is 36.4 Å². The first kappa shape index (κ1) is 42.8. The van der Waals surface area contributed by atoms with E-state index in [2.05, 4.69) is 93.3 Å². The summed E-state index contributed by atoms with van der Waals surface area (Å²) in [6, 6.07) is 12.7. The number of ketones is 1. The standard InChI is InChI=1S/C27H27Br2ClN2O2.C19H19Br2ClN2/c28-20-12-19-4-3-18-13-21(30)14-23(29)25(18)26(27(19)31-15-20)17-7-9-32(10-8-17)24(34)11-16-1-5-22(33)6-2-16;20-14-7-13-2-1-12-8-15(22)9-16(21)17(12)18(19(13)24-10-14)11-3-5-23-6-4-11/h11-15,17,26H,1-10H2;7-11,18,23H,1-6H2/t26-;18-/m11/s1. The average Bonchev–Trinajstić information content (AvgIpc) is 3.47. The van der Waals surface area contributed by atoms with Crippen LogP contribution in [0.15, 0.2) is 78.3 Å². The molecule has 12 heteroatoms. The fourth-order valence-electron chi connectivity index (χ4n) is 9.95. The van der Waals surface area contributed by atoms with Gasteiger partial charge in [-0.1, -0.05) is 60.6 Å². The fraction of sp³-hybridized carbons (Fsp3) is 0.435. The number of carbonyl (C=O) groups excluding carboxylic acids is 2. The lowest BCUT2D eigenvalue weighted by Crippen LogP contribution is -2.39. The summed E-state index contributed by atoms with van der Waals surface area (Å²) in [5.41, 5.74) is 11.5. The molecule has 2 aliphatic heterocycles. The highest BCUT2D eigenvalue weighted by molar-refractivity contribution is 9.11. The van der Waals surface area contributed by atoms with Crippen molar-refractivity contribution in [1.82, 2.24) is 20.2 Å². The van der Waals surface area contributed by atoms with Gasteiger partial charge in [0.1, 0.15) is 5.78 Å². The van der Waals surface area contributed by atoms with E-state index in [-0.39, 0.29) is 11.8 Å². The molecular formula is C46H46Br4Cl2N4O2. The zero-order chi connectivity index (χ0) is 40.5. The molecule has 4 heterocycles. The molecule has 0 radical (unpaired) electrons. The van der Waals surface area contributed by atoms with E-state index in [0.717, 1.165) is 117 Å². The number of benzene rings is 2. The van der Waals surface area contributed by atoms with Gasteiger partial charge in [0.2, 0.25) is 5.91 Å². The van der Waals surface area contributed by atoms with Gasteiger partial charge in [0.25, 0.3) is 0 Å². The second-order valence-electron chi connectivity index (χ2n) is 16.4. The number of pyridine rings is 2. The molecule has 2 saturated heterocycles. The summed E-state index contributed by atoms with van der Waals surface area (Å²) in [5.74, 6) is 1.94. The van der Waals surface area contributed by atoms with Crippen molar-refractivity contribution < 1.29 is 9.59 Å². The molecule has 304 valence electrons. The van der Waals surface area contributed by atoms with Crippen LogP contribution in [-0.4, -0.2) is 52.7 Å². The molecule has 1 amide bonds. The number of nitrogens with zero attached hydrogens (tertiary/aromatic N) is 3. The van der Waals surface area contributed by atoms with Crippen LogP contribution in [0.2, 0.25) is 10.0 Å². The molecule has 0 bridgehead atoms. The van der Waals surface area contributed by atoms with Crippen molar-refractivity contribution in [3.63, 3.8) is 0 Å². The number of hydrogen-bond acceptors (Lipinski definition) is 5. The van der Waals surface area contributed by atoms with Gasteiger partial charge in [-0.25, -0.2) is 0 Å². The Hall–Kier alpha value is -1.92. The highest BCUT2D eigenvalue weighted by Gasteiger charge is 2.37. The third-order valence-electron chi connectivity index (χ3n) is 12.8. The zero-order valence-corrected chi connectivity index (χ0v) is 40.1. The van der Waals surface area contributed by atoms with Crippen molar-refractivity contribution in [3.8, 4) is 0 Å². The topological polar surface area (TPSA) is 75.2 Å². The van der Waals surface area contributed by atoms with Crippen molar-refractivity contribution in [3.05, 3.63) is 133 Å². The van der Waals surface area contributed by atoms with Crippen LogP contribution in [0.5, 0.6) is 0 Å². The molecule has 58 heavy (non-hydrogen) atoms. The smallest absolute Gasteiger partial charge is 0.246 e. The van der Waals surface area contributed by atoms with E-state index >= 15 is 0 Å². The highest BCUT2D eigenvalue weighted by Crippen LogP contribution is 2.47. The highest BCUT2D eigenvalue weighted by atomic mass is 79.9. The van der Waals surface area contributed by atoms with Crippen LogP contribution in [0, 0.1) is 11.8 Å². The Morgan fingerprint density at radius 2 is 1.10 bits per heavy atom. The summed E-state index contributed by atoms with van der Waals surface area (Å²) < 4.78 is 4.25. The monoisotopic (exact) mass is 1070 g/mol. The normalized spacial score (nSPS) is 21.0. The number of nitrogens with one attached hydrogen (secondary N) is 1. The van der Waals surface area contributed by atoms with Crippen molar-refractivity contribution in [2.45, 2.75) is 88.9 Å². The predicted molar refractivity (Wildman–Crippen MR) is 247 cm³/mol. The quantitative estimate of drug-likeness (QED) is 0.207. The number of likely N-dealkylation sites (tertiary alicyclic amines) is 1. The average molecular weight is 1080 g/mol. The molecule has 2 aromatic carbocycles. The number of aryl methyl sites for hydroxylation is 4. The van der Waals surface area contributed by atoms with Crippen LogP contribution in [-0.2, 0) is 35.3 Å². The first-order valence-electron chi connectivity index (χ1n) is 20.5. The van der Waals surface area contributed by atoms with Crippen LogP contribution in [0.1, 0.15) is 108 Å². The molecule has 2 atom stereocenters. The van der Waals surface area contributed by atoms with Gasteiger partial charge in [-0.3, -0.25) is 19.6 Å². The summed E-state index contributed by atoms with van der Waals surface area (Å²) >= 11 is 27.6. The molecule has 5 aliphatic rings. The Kier molecular flexibility index (Phi) is 14.0. The summed E-state index contributed by atoms with van der Waals surface area (Å²) in [4.78, 5) is 36.2. The summed E-state index contributed by atoms with van der Waals surface area (Å²) in [6.07, 6.45) is 16.4. The summed E-state index contributed by atoms with van der Waals surface area (Å²) in [5, 5.41) is 5.05. The summed E-state index contributed by atoms with van der Waals surface area (Å²) in [7, 11) is 0. The second-order valence-corrected chi connectivity index (χ2v) is 20.8. The number of halogens is 6. The maximum absolute atomic E-state index is 12.9. The number of aromatic nitrogens is 2. The molecule has 1 saturated carbocycles. The van der Waals surface area contributed by atoms with Crippen molar-refractivity contribution in [1.29, 1.82) is 0 Å². The largest absolute Gasteiger partial charge is 0.339 e. The van der Waals surface area contributed by atoms with Gasteiger partial charge in [0, 0.05) is 84.2 Å². The Labute approximate surface area is 385 Å². The molecule has 0 spiro atoms. The van der Waals surface area contributed by atoms with Crippen molar-refractivity contribution >= 4 is 98.6 Å². The van der Waals surface area contributed by atoms with Gasteiger partial charge < -0.3 is 10.2 Å². The maximum atomic E-state index is 12.9. The number of allylic oxidation sites excluding steroid dienone is 1. The number of hydrogen-bond donors (Lipinski definition) is 1. The van der Waals surface area contributed by atoms with Gasteiger partial charge in [-0.2, -0.15) is 0 Å². The second kappa shape index (κ2) is 19.0. The number of Topliss-reactive ketones (excluding diaryl/α,β-unsaturated/α-hetero) is 1. The zero-order valence-electron chi connectivity index (χ0n) is 32.2. The number of amides is 1. The summed E-state index contributed by atoms with van der Waals surface area (Å²) in [6.45, 7) is 3.67. The van der Waals surface area contributed by atoms with Crippen LogP contribution in [0.3, 0.4) is 0 Å². The van der Waals surface area contributed by atoms with Crippen LogP contribution in [0.4, 0.5) is 0 Å². The van der Waals surface area contributed by atoms with E-state index in [1.807, 2.05) is 29.4 Å². The molecule has 2 aromatic heterocycles. The number of fused-ring (bicyclic) bond motifs is 4. The molecule has 6 nitrogen and oxygen atoms in total. The van der Waals surface area contributed by atoms with Gasteiger partial charge in [0.05, 0.1) is 11.4 Å². The van der Waals surface area contributed by atoms with Gasteiger partial charge >= 0.3 is 0 Å². The van der Waals surface area contributed by atoms with Crippen LogP contribution < -0.4 is 5.32 Å². The van der Waals surface area contributed by atoms with Gasteiger partial charge in [-0.05, 0) is 191 Å². The third-order valence-corrected chi connectivity index (χ3v) is 15.4. The molecule has 3 fully saturated rings. The van der Waals surface area contributed by atoms with Crippen molar-refractivity contribution in [2.24, 2.45) is 11.8 Å². The predicted octanol–water partition coefficient (Wildman–Crippen LogP) is 12.3. The first-order chi connectivity index (χ1) is 28.0. The Morgan fingerprint density at radius 1 is 0.638 bits per heavy atom. The number of carbonyl (C=O) groups is 2. The van der Waals surface area contributed by atoms with E-state index < -0.39 is 0 Å². The Bertz CT molecular complexity index is 2240. The lowest BCUT2D eigenvalue weighted by atomic mass is 9.76. The Morgan fingerprint density at radius 3 is 1.60 bits per heavy atom. The Balaban J connectivity index is 0.000000172. The van der Waals surface area contributed by atoms with Crippen LogP contribution in [0.25, 0.3) is 0 Å². The minimum Gasteiger partial charge on any atom is -0.339 e.